The van der Waals surface area contributed by atoms with Gasteiger partial charge in [-0.2, -0.15) is 0 Å². The highest BCUT2D eigenvalue weighted by atomic mass is 16.6. The Balaban J connectivity index is 1.71. The fraction of sp³-hybridized carbons (Fsp3) is 0.167. The van der Waals surface area contributed by atoms with Crippen LogP contribution in [0.25, 0.3) is 0 Å². The molecule has 0 fully saturated rings. The zero-order valence-corrected chi connectivity index (χ0v) is 18.1. The lowest BCUT2D eigenvalue weighted by Gasteiger charge is -2.10. The van der Waals surface area contributed by atoms with Gasteiger partial charge in [0.15, 0.2) is 0 Å². The van der Waals surface area contributed by atoms with Gasteiger partial charge in [-0.3, -0.25) is 29.8 Å². The van der Waals surface area contributed by atoms with Crippen LogP contribution in [0.5, 0.6) is 0 Å². The molecule has 0 aliphatic carbocycles. The number of rotatable bonds is 10. The van der Waals surface area contributed by atoms with E-state index in [1.807, 2.05) is 0 Å². The molecule has 0 aromatic heterocycles. The summed E-state index contributed by atoms with van der Waals surface area (Å²) in [6.45, 7) is 0.135. The molecule has 10 heteroatoms. The van der Waals surface area contributed by atoms with Crippen molar-refractivity contribution >= 4 is 23.2 Å². The summed E-state index contributed by atoms with van der Waals surface area (Å²) in [5.41, 5.74) is 0.371. The lowest BCUT2D eigenvalue weighted by Crippen LogP contribution is -2.26. The highest BCUT2D eigenvalue weighted by Crippen LogP contribution is 2.31. The van der Waals surface area contributed by atoms with E-state index in [4.69, 9.17) is 0 Å². The molecular weight excluding hydrogens is 440 g/mol. The third kappa shape index (κ3) is 6.22. The van der Waals surface area contributed by atoms with Gasteiger partial charge in [-0.15, -0.1) is 0 Å². The maximum atomic E-state index is 12.2. The molecule has 0 radical (unpaired) electrons. The summed E-state index contributed by atoms with van der Waals surface area (Å²) in [7, 11) is 0. The summed E-state index contributed by atoms with van der Waals surface area (Å²) in [4.78, 5) is 46.3. The van der Waals surface area contributed by atoms with Crippen LogP contribution >= 0.6 is 0 Å². The van der Waals surface area contributed by atoms with Crippen molar-refractivity contribution in [2.24, 2.45) is 0 Å². The monoisotopic (exact) mass is 462 g/mol. The number of amides is 2. The van der Waals surface area contributed by atoms with E-state index in [2.05, 4.69) is 10.6 Å². The van der Waals surface area contributed by atoms with E-state index >= 15 is 0 Å². The van der Waals surface area contributed by atoms with Crippen molar-refractivity contribution < 1.29 is 19.4 Å². The first-order chi connectivity index (χ1) is 16.4. The molecular formula is C24H22N4O6. The number of carbonyl (C=O) groups is 2. The van der Waals surface area contributed by atoms with E-state index < -0.39 is 21.2 Å². The molecule has 0 unspecified atom stereocenters. The van der Waals surface area contributed by atoms with Gasteiger partial charge in [0.25, 0.3) is 23.2 Å². The largest absolute Gasteiger partial charge is 0.352 e. The minimum Gasteiger partial charge on any atom is -0.352 e. The number of hydrogen-bond donors (Lipinski definition) is 2. The number of nitrogens with one attached hydrogen (secondary N) is 2. The van der Waals surface area contributed by atoms with Gasteiger partial charge in [0, 0.05) is 42.8 Å². The van der Waals surface area contributed by atoms with E-state index in [0.29, 0.717) is 16.7 Å². The van der Waals surface area contributed by atoms with Crippen LogP contribution < -0.4 is 10.6 Å². The second kappa shape index (κ2) is 11.3. The van der Waals surface area contributed by atoms with Crippen LogP contribution in [-0.4, -0.2) is 34.8 Å². The summed E-state index contributed by atoms with van der Waals surface area (Å²) >= 11 is 0. The fourth-order valence-corrected chi connectivity index (χ4v) is 3.43. The molecule has 3 aromatic carbocycles. The van der Waals surface area contributed by atoms with Crippen LogP contribution in [0, 0.1) is 20.2 Å². The molecule has 0 saturated heterocycles. The Morgan fingerprint density at radius 1 is 0.676 bits per heavy atom. The quantitative estimate of drug-likeness (QED) is 0.349. The van der Waals surface area contributed by atoms with Crippen molar-refractivity contribution in [1.82, 2.24) is 10.6 Å². The Labute approximate surface area is 194 Å². The summed E-state index contributed by atoms with van der Waals surface area (Å²) in [6, 6.07) is 19.5. The lowest BCUT2D eigenvalue weighted by molar-refractivity contribution is -0.395. The molecule has 0 saturated carbocycles. The van der Waals surface area contributed by atoms with Gasteiger partial charge in [-0.1, -0.05) is 36.4 Å². The smallest absolute Gasteiger partial charge is 0.279 e. The van der Waals surface area contributed by atoms with Crippen molar-refractivity contribution in [3.05, 3.63) is 115 Å². The molecule has 0 heterocycles. The molecule has 0 aliphatic rings. The maximum absolute atomic E-state index is 12.2. The van der Waals surface area contributed by atoms with Crippen molar-refractivity contribution in [3.8, 4) is 0 Å². The molecule has 2 N–H and O–H groups in total. The van der Waals surface area contributed by atoms with Crippen LogP contribution in [-0.2, 0) is 12.8 Å². The second-order valence-electron chi connectivity index (χ2n) is 7.37. The molecule has 34 heavy (non-hydrogen) atoms. The van der Waals surface area contributed by atoms with Gasteiger partial charge in [0.05, 0.1) is 9.85 Å². The van der Waals surface area contributed by atoms with Gasteiger partial charge in [0.1, 0.15) is 5.56 Å². The molecule has 0 aliphatic heterocycles. The van der Waals surface area contributed by atoms with Crippen molar-refractivity contribution in [2.75, 3.05) is 13.1 Å². The normalized spacial score (nSPS) is 10.4. The van der Waals surface area contributed by atoms with Crippen molar-refractivity contribution in [1.29, 1.82) is 0 Å². The molecule has 3 rings (SSSR count). The van der Waals surface area contributed by atoms with Gasteiger partial charge in [-0.05, 0) is 36.2 Å². The molecule has 0 atom stereocenters. The first kappa shape index (κ1) is 24.1. The SMILES string of the molecule is O=C(NCCc1cc([N+](=O)[O-])c(CCNC(=O)c2ccccc2)c([N+](=O)[O-])c1)c1ccccc1. The molecule has 0 spiro atoms. The van der Waals surface area contributed by atoms with Crippen LogP contribution in [0.1, 0.15) is 31.8 Å². The summed E-state index contributed by atoms with van der Waals surface area (Å²) < 4.78 is 0. The second-order valence-corrected chi connectivity index (χ2v) is 7.37. The van der Waals surface area contributed by atoms with Crippen LogP contribution in [0.2, 0.25) is 0 Å². The predicted molar refractivity (Wildman–Crippen MR) is 125 cm³/mol. The van der Waals surface area contributed by atoms with E-state index in [0.717, 1.165) is 0 Å². The van der Waals surface area contributed by atoms with Gasteiger partial charge in [0.2, 0.25) is 0 Å². The number of carbonyl (C=O) groups excluding carboxylic acids is 2. The molecule has 3 aromatic rings. The minimum atomic E-state index is -0.673. The van der Waals surface area contributed by atoms with Crippen LogP contribution in [0.3, 0.4) is 0 Å². The fourth-order valence-electron chi connectivity index (χ4n) is 3.43. The summed E-state index contributed by atoms with van der Waals surface area (Å²) in [5.74, 6) is -0.688. The Morgan fingerprint density at radius 2 is 1.09 bits per heavy atom. The summed E-state index contributed by atoms with van der Waals surface area (Å²) in [5, 5.41) is 28.6. The van der Waals surface area contributed by atoms with Gasteiger partial charge in [-0.25, -0.2) is 0 Å². The van der Waals surface area contributed by atoms with E-state index in [-0.39, 0.29) is 43.3 Å². The number of hydrogen-bond acceptors (Lipinski definition) is 6. The van der Waals surface area contributed by atoms with Crippen LogP contribution in [0.4, 0.5) is 11.4 Å². The highest BCUT2D eigenvalue weighted by molar-refractivity contribution is 5.94. The number of nitro benzene ring substituents is 2. The van der Waals surface area contributed by atoms with Gasteiger partial charge >= 0.3 is 0 Å². The first-order valence-corrected chi connectivity index (χ1v) is 10.5. The van der Waals surface area contributed by atoms with E-state index in [9.17, 15) is 29.8 Å². The predicted octanol–water partition coefficient (Wildman–Crippen LogP) is 3.45. The average Bonchev–Trinajstić information content (AvgIpc) is 2.85. The zero-order chi connectivity index (χ0) is 24.5. The average molecular weight is 462 g/mol. The molecule has 10 nitrogen and oxygen atoms in total. The number of benzene rings is 3. The molecule has 174 valence electrons. The van der Waals surface area contributed by atoms with Gasteiger partial charge < -0.3 is 10.6 Å². The Hall–Kier alpha value is -4.60. The standard InChI is InChI=1S/C24H22N4O6/c29-23(18-7-3-1-4-8-18)25-13-11-17-15-21(27(31)32)20(22(16-17)28(33)34)12-14-26-24(30)19-9-5-2-6-10-19/h1-10,15-16H,11-14H2,(H,25,29)(H,26,30). The highest BCUT2D eigenvalue weighted by Gasteiger charge is 2.26. The minimum absolute atomic E-state index is 0.0120. The first-order valence-electron chi connectivity index (χ1n) is 10.5. The Bertz CT molecular complexity index is 1160. The third-order valence-corrected chi connectivity index (χ3v) is 5.09. The number of nitro groups is 2. The van der Waals surface area contributed by atoms with Crippen molar-refractivity contribution in [2.45, 2.75) is 12.8 Å². The van der Waals surface area contributed by atoms with Crippen LogP contribution in [0.15, 0.2) is 72.8 Å². The maximum Gasteiger partial charge on any atom is 0.279 e. The topological polar surface area (TPSA) is 144 Å². The van der Waals surface area contributed by atoms with Crippen molar-refractivity contribution in [3.63, 3.8) is 0 Å². The van der Waals surface area contributed by atoms with E-state index in [1.165, 1.54) is 12.1 Å². The number of nitrogens with zero attached hydrogens (tertiary/aromatic N) is 2. The lowest BCUT2D eigenvalue weighted by atomic mass is 10.0. The Morgan fingerprint density at radius 3 is 1.50 bits per heavy atom. The third-order valence-electron chi connectivity index (χ3n) is 5.09. The van der Waals surface area contributed by atoms with E-state index in [1.54, 1.807) is 60.7 Å². The Kier molecular flexibility index (Phi) is 8.01. The molecule has 2 amide bonds. The molecule has 0 bridgehead atoms. The zero-order valence-electron chi connectivity index (χ0n) is 18.1. The summed E-state index contributed by atoms with van der Waals surface area (Å²) in [6.07, 6.45) is 0.0848.